The van der Waals surface area contributed by atoms with Crippen LogP contribution in [0.25, 0.3) is 5.82 Å². The number of amides is 1. The molecule has 1 amide bonds. The Morgan fingerprint density at radius 1 is 1.11 bits per heavy atom. The molecule has 4 rings (SSSR count). The van der Waals surface area contributed by atoms with E-state index in [2.05, 4.69) is 20.7 Å². The van der Waals surface area contributed by atoms with Crippen molar-refractivity contribution in [3.8, 4) is 5.82 Å². The van der Waals surface area contributed by atoms with Gasteiger partial charge in [0, 0.05) is 23.9 Å². The van der Waals surface area contributed by atoms with Crippen molar-refractivity contribution < 1.29 is 19.1 Å². The van der Waals surface area contributed by atoms with E-state index in [0.717, 1.165) is 24.1 Å². The van der Waals surface area contributed by atoms with E-state index in [9.17, 15) is 14.0 Å². The molecule has 3 aromatic rings. The number of carboxylic acid groups (broad SMARTS) is 1. The second kappa shape index (κ2) is 11.5. The van der Waals surface area contributed by atoms with Crippen molar-refractivity contribution in [1.29, 1.82) is 0 Å². The first-order valence-electron chi connectivity index (χ1n) is 12.8. The third-order valence-corrected chi connectivity index (χ3v) is 6.85. The SMILES string of the molecule is CC(C)(F)c1cnn(-c2ccc(NC(c3ccc(C(=O)NCCC(=O)O)cc3)C3CCCCC3)cn2)c1. The summed E-state index contributed by atoms with van der Waals surface area (Å²) in [6.45, 7) is 3.09. The molecule has 8 nitrogen and oxygen atoms in total. The molecule has 1 aliphatic rings. The third kappa shape index (κ3) is 6.93. The van der Waals surface area contributed by atoms with Gasteiger partial charge >= 0.3 is 5.97 Å². The summed E-state index contributed by atoms with van der Waals surface area (Å²) >= 11 is 0. The number of carboxylic acids is 1. The van der Waals surface area contributed by atoms with E-state index in [0.29, 0.717) is 22.9 Å². The van der Waals surface area contributed by atoms with Gasteiger partial charge in [0.25, 0.3) is 5.91 Å². The lowest BCUT2D eigenvalue weighted by atomic mass is 9.81. The molecule has 1 unspecified atom stereocenters. The standard InChI is InChI=1S/C28H34FN5O3/c1-28(2,29)22-16-32-34(18-22)24-13-12-23(17-31-24)33-26(19-6-4-3-5-7-19)20-8-10-21(11-9-20)27(37)30-15-14-25(35)36/h8-13,16-19,26,33H,3-7,14-15H2,1-2H3,(H,30,37)(H,35,36). The number of benzene rings is 1. The van der Waals surface area contributed by atoms with Crippen LogP contribution in [0, 0.1) is 5.92 Å². The van der Waals surface area contributed by atoms with Crippen molar-refractivity contribution in [3.05, 3.63) is 71.7 Å². The number of carbonyl (C=O) groups excluding carboxylic acids is 1. The number of anilines is 1. The minimum atomic E-state index is -1.47. The first-order chi connectivity index (χ1) is 17.7. The summed E-state index contributed by atoms with van der Waals surface area (Å²) in [6.07, 6.45) is 10.7. The van der Waals surface area contributed by atoms with Crippen molar-refractivity contribution in [2.75, 3.05) is 11.9 Å². The summed E-state index contributed by atoms with van der Waals surface area (Å²) in [7, 11) is 0. The topological polar surface area (TPSA) is 109 Å². The Balaban J connectivity index is 1.49. The molecular formula is C28H34FN5O3. The van der Waals surface area contributed by atoms with Crippen LogP contribution in [0.1, 0.15) is 79.9 Å². The van der Waals surface area contributed by atoms with Gasteiger partial charge in [-0.25, -0.2) is 14.1 Å². The molecule has 37 heavy (non-hydrogen) atoms. The highest BCUT2D eigenvalue weighted by Crippen LogP contribution is 2.37. The summed E-state index contributed by atoms with van der Waals surface area (Å²) < 4.78 is 15.8. The zero-order valence-corrected chi connectivity index (χ0v) is 21.3. The Morgan fingerprint density at radius 3 is 2.43 bits per heavy atom. The largest absolute Gasteiger partial charge is 0.481 e. The van der Waals surface area contributed by atoms with Crippen LogP contribution >= 0.6 is 0 Å². The molecule has 0 spiro atoms. The van der Waals surface area contributed by atoms with E-state index in [1.165, 1.54) is 39.3 Å². The number of hydrogen-bond donors (Lipinski definition) is 3. The van der Waals surface area contributed by atoms with Gasteiger partial charge in [-0.15, -0.1) is 0 Å². The molecule has 2 aromatic heterocycles. The summed E-state index contributed by atoms with van der Waals surface area (Å²) in [5.41, 5.74) is 1.47. The van der Waals surface area contributed by atoms with Crippen LogP contribution < -0.4 is 10.6 Å². The zero-order valence-electron chi connectivity index (χ0n) is 21.3. The fourth-order valence-electron chi connectivity index (χ4n) is 4.71. The number of carbonyl (C=O) groups is 2. The van der Waals surface area contributed by atoms with Gasteiger partial charge in [0.1, 0.15) is 5.67 Å². The van der Waals surface area contributed by atoms with Gasteiger partial charge in [-0.1, -0.05) is 31.4 Å². The second-order valence-electron chi connectivity index (χ2n) is 10.1. The lowest BCUT2D eigenvalue weighted by Crippen LogP contribution is -2.26. The van der Waals surface area contributed by atoms with E-state index in [-0.39, 0.29) is 24.9 Å². The fourth-order valence-corrected chi connectivity index (χ4v) is 4.71. The fraction of sp³-hybridized carbons (Fsp3) is 0.429. The number of halogens is 1. The highest BCUT2D eigenvalue weighted by atomic mass is 19.1. The van der Waals surface area contributed by atoms with E-state index < -0.39 is 11.6 Å². The first kappa shape index (κ1) is 26.3. The molecule has 196 valence electrons. The van der Waals surface area contributed by atoms with Gasteiger partial charge in [-0.2, -0.15) is 5.10 Å². The number of nitrogens with one attached hydrogen (secondary N) is 2. The van der Waals surface area contributed by atoms with Crippen LogP contribution in [0.3, 0.4) is 0 Å². The number of nitrogens with zero attached hydrogens (tertiary/aromatic N) is 3. The normalized spacial score (nSPS) is 15.2. The maximum Gasteiger partial charge on any atom is 0.305 e. The van der Waals surface area contributed by atoms with Crippen LogP contribution in [-0.4, -0.2) is 38.3 Å². The lowest BCUT2D eigenvalue weighted by Gasteiger charge is -2.32. The molecule has 0 bridgehead atoms. The first-order valence-corrected chi connectivity index (χ1v) is 12.8. The molecule has 1 fully saturated rings. The minimum absolute atomic E-state index is 0.0562. The molecule has 2 heterocycles. The summed E-state index contributed by atoms with van der Waals surface area (Å²) in [4.78, 5) is 27.6. The highest BCUT2D eigenvalue weighted by molar-refractivity contribution is 5.94. The maximum atomic E-state index is 14.2. The number of alkyl halides is 1. The summed E-state index contributed by atoms with van der Waals surface area (Å²) in [6, 6.07) is 11.4. The predicted octanol–water partition coefficient (Wildman–Crippen LogP) is 5.41. The van der Waals surface area contributed by atoms with Gasteiger partial charge in [0.15, 0.2) is 5.82 Å². The van der Waals surface area contributed by atoms with Crippen molar-refractivity contribution >= 4 is 17.6 Å². The van der Waals surface area contributed by atoms with Crippen LogP contribution in [0.2, 0.25) is 0 Å². The lowest BCUT2D eigenvalue weighted by molar-refractivity contribution is -0.136. The number of rotatable bonds is 10. The van der Waals surface area contributed by atoms with Crippen molar-refractivity contribution in [2.24, 2.45) is 5.92 Å². The monoisotopic (exact) mass is 507 g/mol. The maximum absolute atomic E-state index is 14.2. The Kier molecular flexibility index (Phi) is 8.21. The van der Waals surface area contributed by atoms with Crippen LogP contribution in [-0.2, 0) is 10.5 Å². The molecule has 1 atom stereocenters. The Morgan fingerprint density at radius 2 is 1.84 bits per heavy atom. The van der Waals surface area contributed by atoms with Gasteiger partial charge in [-0.3, -0.25) is 9.59 Å². The number of hydrogen-bond acceptors (Lipinski definition) is 5. The Labute approximate surface area is 216 Å². The zero-order chi connectivity index (χ0) is 26.4. The highest BCUT2D eigenvalue weighted by Gasteiger charge is 2.26. The molecule has 0 saturated heterocycles. The van der Waals surface area contributed by atoms with E-state index in [1.807, 2.05) is 24.3 Å². The third-order valence-electron chi connectivity index (χ3n) is 6.85. The summed E-state index contributed by atoms with van der Waals surface area (Å²) in [5.74, 6) is -0.178. The van der Waals surface area contributed by atoms with Gasteiger partial charge in [0.05, 0.1) is 30.5 Å². The Bertz CT molecular complexity index is 1200. The molecule has 1 aromatic carbocycles. The predicted molar refractivity (Wildman–Crippen MR) is 139 cm³/mol. The molecule has 9 heteroatoms. The van der Waals surface area contributed by atoms with E-state index >= 15 is 0 Å². The van der Waals surface area contributed by atoms with E-state index in [1.54, 1.807) is 29.2 Å². The van der Waals surface area contributed by atoms with Crippen LogP contribution in [0.5, 0.6) is 0 Å². The number of pyridine rings is 1. The van der Waals surface area contributed by atoms with E-state index in [4.69, 9.17) is 5.11 Å². The Hall–Kier alpha value is -3.75. The van der Waals surface area contributed by atoms with Crippen molar-refractivity contribution in [2.45, 2.75) is 64.1 Å². The molecule has 1 aliphatic carbocycles. The minimum Gasteiger partial charge on any atom is -0.481 e. The van der Waals surface area contributed by atoms with Crippen LogP contribution in [0.4, 0.5) is 10.1 Å². The molecule has 1 saturated carbocycles. The van der Waals surface area contributed by atoms with Crippen LogP contribution in [0.15, 0.2) is 55.0 Å². The number of aromatic nitrogens is 3. The molecule has 3 N–H and O–H groups in total. The van der Waals surface area contributed by atoms with Gasteiger partial charge in [-0.05, 0) is 62.4 Å². The molecule has 0 radical (unpaired) electrons. The number of aliphatic carboxylic acids is 1. The second-order valence-corrected chi connectivity index (χ2v) is 10.1. The van der Waals surface area contributed by atoms with Gasteiger partial charge < -0.3 is 15.7 Å². The summed E-state index contributed by atoms with van der Waals surface area (Å²) in [5, 5.41) is 19.3. The van der Waals surface area contributed by atoms with Gasteiger partial charge in [0.2, 0.25) is 0 Å². The van der Waals surface area contributed by atoms with Crippen molar-refractivity contribution in [3.63, 3.8) is 0 Å². The smallest absolute Gasteiger partial charge is 0.305 e. The average Bonchev–Trinajstić information content (AvgIpc) is 3.39. The van der Waals surface area contributed by atoms with Crippen molar-refractivity contribution in [1.82, 2.24) is 20.1 Å². The molecular weight excluding hydrogens is 473 g/mol. The quantitative estimate of drug-likeness (QED) is 0.339. The average molecular weight is 508 g/mol. The molecule has 0 aliphatic heterocycles.